The molecular weight excluding hydrogens is 174 g/mol. The molecule has 1 aromatic rings. The molecule has 0 atom stereocenters. The van der Waals surface area contributed by atoms with Crippen molar-refractivity contribution in [2.75, 3.05) is 0 Å². The van der Waals surface area contributed by atoms with Crippen LogP contribution in [0.4, 0.5) is 0 Å². The molecule has 1 N–H and O–H groups in total. The summed E-state index contributed by atoms with van der Waals surface area (Å²) in [6.07, 6.45) is 4.20. The standard InChI is InChI=1S/C9H10ClNO/c10-8-5-6-3-1-2-4-7(6)9(12)11-8/h5H,1-4H2,(H,11,12). The van der Waals surface area contributed by atoms with Crippen LogP contribution in [0.5, 0.6) is 0 Å². The van der Waals surface area contributed by atoms with Crippen LogP contribution >= 0.6 is 11.6 Å². The van der Waals surface area contributed by atoms with Crippen LogP contribution in [0.3, 0.4) is 0 Å². The monoisotopic (exact) mass is 183 g/mol. The Balaban J connectivity index is 2.60. The number of pyridine rings is 1. The number of aromatic nitrogens is 1. The van der Waals surface area contributed by atoms with Gasteiger partial charge in [-0.05, 0) is 37.3 Å². The Morgan fingerprint density at radius 2 is 2.08 bits per heavy atom. The summed E-state index contributed by atoms with van der Waals surface area (Å²) < 4.78 is 0. The van der Waals surface area contributed by atoms with Crippen molar-refractivity contribution in [3.05, 3.63) is 32.7 Å². The second-order valence-electron chi connectivity index (χ2n) is 3.16. The fourth-order valence-corrected chi connectivity index (χ4v) is 1.94. The predicted molar refractivity (Wildman–Crippen MR) is 48.7 cm³/mol. The van der Waals surface area contributed by atoms with E-state index in [1.807, 2.05) is 6.07 Å². The summed E-state index contributed by atoms with van der Waals surface area (Å²) in [6, 6.07) is 1.87. The molecule has 0 spiro atoms. The van der Waals surface area contributed by atoms with E-state index < -0.39 is 0 Å². The first-order valence-corrected chi connectivity index (χ1v) is 4.56. The highest BCUT2D eigenvalue weighted by atomic mass is 35.5. The van der Waals surface area contributed by atoms with Gasteiger partial charge in [0.1, 0.15) is 5.15 Å². The van der Waals surface area contributed by atoms with Gasteiger partial charge in [-0.2, -0.15) is 0 Å². The van der Waals surface area contributed by atoms with Crippen LogP contribution in [-0.4, -0.2) is 4.98 Å². The first kappa shape index (κ1) is 7.87. The van der Waals surface area contributed by atoms with Crippen LogP contribution in [0.1, 0.15) is 24.0 Å². The molecule has 1 aliphatic carbocycles. The molecule has 2 rings (SSSR count). The largest absolute Gasteiger partial charge is 0.313 e. The Morgan fingerprint density at radius 3 is 2.92 bits per heavy atom. The van der Waals surface area contributed by atoms with Crippen LogP contribution in [0.25, 0.3) is 0 Å². The minimum atomic E-state index is -0.00259. The summed E-state index contributed by atoms with van der Waals surface area (Å²) in [7, 11) is 0. The number of aromatic amines is 1. The fraction of sp³-hybridized carbons (Fsp3) is 0.444. The highest BCUT2D eigenvalue weighted by Gasteiger charge is 2.12. The Labute approximate surface area is 75.6 Å². The van der Waals surface area contributed by atoms with E-state index in [0.29, 0.717) is 5.15 Å². The highest BCUT2D eigenvalue weighted by Crippen LogP contribution is 2.19. The second-order valence-corrected chi connectivity index (χ2v) is 3.56. The molecule has 0 saturated carbocycles. The average molecular weight is 184 g/mol. The molecule has 0 bridgehead atoms. The number of nitrogens with one attached hydrogen (secondary N) is 1. The maximum absolute atomic E-state index is 11.3. The molecule has 0 unspecified atom stereocenters. The Hall–Kier alpha value is -0.760. The Bertz CT molecular complexity index is 356. The summed E-state index contributed by atoms with van der Waals surface area (Å²) in [5.41, 5.74) is 2.07. The molecule has 0 amide bonds. The number of hydrogen-bond acceptors (Lipinski definition) is 1. The Morgan fingerprint density at radius 1 is 1.33 bits per heavy atom. The molecule has 1 aliphatic rings. The zero-order valence-electron chi connectivity index (χ0n) is 6.69. The van der Waals surface area contributed by atoms with Crippen molar-refractivity contribution in [3.63, 3.8) is 0 Å². The maximum Gasteiger partial charge on any atom is 0.252 e. The van der Waals surface area contributed by atoms with Gasteiger partial charge in [-0.3, -0.25) is 4.79 Å². The first-order chi connectivity index (χ1) is 5.77. The Kier molecular flexibility index (Phi) is 1.93. The number of rotatable bonds is 0. The maximum atomic E-state index is 11.3. The molecule has 1 heterocycles. The van der Waals surface area contributed by atoms with Crippen molar-refractivity contribution < 1.29 is 0 Å². The molecule has 0 aromatic carbocycles. The summed E-state index contributed by atoms with van der Waals surface area (Å²) in [4.78, 5) is 14.0. The van der Waals surface area contributed by atoms with E-state index in [0.717, 1.165) is 30.4 Å². The predicted octanol–water partition coefficient (Wildman–Crippen LogP) is 1.91. The SMILES string of the molecule is O=c1[nH]c(Cl)cc2c1CCCC2. The lowest BCUT2D eigenvalue weighted by Gasteiger charge is -2.13. The van der Waals surface area contributed by atoms with E-state index in [1.165, 1.54) is 6.42 Å². The lowest BCUT2D eigenvalue weighted by atomic mass is 9.93. The molecular formula is C9H10ClNO. The normalized spacial score (nSPS) is 15.8. The molecule has 0 radical (unpaired) electrons. The van der Waals surface area contributed by atoms with Gasteiger partial charge in [0.25, 0.3) is 5.56 Å². The first-order valence-electron chi connectivity index (χ1n) is 4.18. The number of aryl methyl sites for hydroxylation is 1. The lowest BCUT2D eigenvalue weighted by Crippen LogP contribution is -2.18. The van der Waals surface area contributed by atoms with Crippen molar-refractivity contribution >= 4 is 11.6 Å². The van der Waals surface area contributed by atoms with Crippen LogP contribution in [-0.2, 0) is 12.8 Å². The molecule has 64 valence electrons. The smallest absolute Gasteiger partial charge is 0.252 e. The summed E-state index contributed by atoms with van der Waals surface area (Å²) >= 11 is 5.73. The van der Waals surface area contributed by atoms with Gasteiger partial charge < -0.3 is 4.98 Å². The van der Waals surface area contributed by atoms with E-state index in [-0.39, 0.29) is 5.56 Å². The van der Waals surface area contributed by atoms with Gasteiger partial charge in [-0.15, -0.1) is 0 Å². The summed E-state index contributed by atoms with van der Waals surface area (Å²) in [6.45, 7) is 0. The summed E-state index contributed by atoms with van der Waals surface area (Å²) in [5.74, 6) is 0. The minimum absolute atomic E-state index is 0.00259. The van der Waals surface area contributed by atoms with Crippen molar-refractivity contribution in [2.24, 2.45) is 0 Å². The van der Waals surface area contributed by atoms with Gasteiger partial charge in [-0.1, -0.05) is 11.6 Å². The average Bonchev–Trinajstić information content (AvgIpc) is 2.04. The van der Waals surface area contributed by atoms with Gasteiger partial charge in [0, 0.05) is 5.56 Å². The fourth-order valence-electron chi connectivity index (χ4n) is 1.72. The van der Waals surface area contributed by atoms with Crippen molar-refractivity contribution in [2.45, 2.75) is 25.7 Å². The molecule has 0 aliphatic heterocycles. The molecule has 0 saturated heterocycles. The third-order valence-corrected chi connectivity index (χ3v) is 2.52. The quantitative estimate of drug-likeness (QED) is 0.613. The topological polar surface area (TPSA) is 32.9 Å². The molecule has 0 fully saturated rings. The molecule has 3 heteroatoms. The van der Waals surface area contributed by atoms with Gasteiger partial charge in [-0.25, -0.2) is 0 Å². The van der Waals surface area contributed by atoms with Crippen molar-refractivity contribution in [3.8, 4) is 0 Å². The van der Waals surface area contributed by atoms with E-state index in [9.17, 15) is 4.79 Å². The van der Waals surface area contributed by atoms with E-state index in [2.05, 4.69) is 4.98 Å². The van der Waals surface area contributed by atoms with E-state index in [1.54, 1.807) is 0 Å². The zero-order valence-corrected chi connectivity index (χ0v) is 7.45. The van der Waals surface area contributed by atoms with Crippen molar-refractivity contribution in [1.82, 2.24) is 4.98 Å². The third kappa shape index (κ3) is 1.27. The zero-order chi connectivity index (χ0) is 8.55. The van der Waals surface area contributed by atoms with Crippen molar-refractivity contribution in [1.29, 1.82) is 0 Å². The van der Waals surface area contributed by atoms with Gasteiger partial charge in [0.05, 0.1) is 0 Å². The second kappa shape index (κ2) is 2.94. The van der Waals surface area contributed by atoms with E-state index in [4.69, 9.17) is 11.6 Å². The lowest BCUT2D eigenvalue weighted by molar-refractivity contribution is 0.677. The number of fused-ring (bicyclic) bond motifs is 1. The summed E-state index contributed by atoms with van der Waals surface area (Å²) in [5, 5.41) is 0.459. The molecule has 2 nitrogen and oxygen atoms in total. The van der Waals surface area contributed by atoms with Gasteiger partial charge in [0.15, 0.2) is 0 Å². The number of halogens is 1. The van der Waals surface area contributed by atoms with Crippen LogP contribution in [0.2, 0.25) is 5.15 Å². The van der Waals surface area contributed by atoms with Crippen LogP contribution in [0.15, 0.2) is 10.9 Å². The van der Waals surface area contributed by atoms with E-state index >= 15 is 0 Å². The number of hydrogen-bond donors (Lipinski definition) is 1. The van der Waals surface area contributed by atoms with Crippen LogP contribution in [0, 0.1) is 0 Å². The molecule has 12 heavy (non-hydrogen) atoms. The number of H-pyrrole nitrogens is 1. The van der Waals surface area contributed by atoms with Gasteiger partial charge in [0.2, 0.25) is 0 Å². The van der Waals surface area contributed by atoms with Gasteiger partial charge >= 0.3 is 0 Å². The molecule has 1 aromatic heterocycles. The third-order valence-electron chi connectivity index (χ3n) is 2.32. The highest BCUT2D eigenvalue weighted by molar-refractivity contribution is 6.29. The van der Waals surface area contributed by atoms with Crippen LogP contribution < -0.4 is 5.56 Å². The minimum Gasteiger partial charge on any atom is -0.313 e.